The number of carbonyl (C=O) groups excluding carboxylic acids is 1. The minimum absolute atomic E-state index is 0.00964. The Bertz CT molecular complexity index is 758. The molecule has 1 unspecified atom stereocenters. The third-order valence-electron chi connectivity index (χ3n) is 6.12. The van der Waals surface area contributed by atoms with Crippen LogP contribution in [0.25, 0.3) is 0 Å². The molecule has 1 aliphatic heterocycles. The van der Waals surface area contributed by atoms with Gasteiger partial charge in [0.25, 0.3) is 0 Å². The first-order chi connectivity index (χ1) is 13.1. The number of hydrogen-bond acceptors (Lipinski definition) is 3. The molecule has 1 saturated carbocycles. The monoisotopic (exact) mass is 399 g/mol. The smallest absolute Gasteiger partial charge is 0.416 e. The Hall–Kier alpha value is -2.09. The van der Waals surface area contributed by atoms with Gasteiger partial charge < -0.3 is 14.7 Å². The van der Waals surface area contributed by atoms with Crippen molar-refractivity contribution in [3.05, 3.63) is 35.4 Å². The zero-order valence-electron chi connectivity index (χ0n) is 15.7. The first kappa shape index (κ1) is 20.6. The van der Waals surface area contributed by atoms with Gasteiger partial charge in [-0.2, -0.15) is 13.2 Å². The molecule has 1 aliphatic carbocycles. The predicted octanol–water partition coefficient (Wildman–Crippen LogP) is 3.47. The van der Waals surface area contributed by atoms with E-state index in [9.17, 15) is 27.9 Å². The quantitative estimate of drug-likeness (QED) is 0.824. The molecule has 1 heterocycles. The number of carboxylic acids is 1. The zero-order valence-corrected chi connectivity index (χ0v) is 15.7. The van der Waals surface area contributed by atoms with Crippen LogP contribution in [-0.2, 0) is 25.9 Å². The van der Waals surface area contributed by atoms with Crippen molar-refractivity contribution in [3.63, 3.8) is 0 Å². The Balaban J connectivity index is 1.93. The molecule has 1 aromatic rings. The Labute approximate surface area is 161 Å². The first-order valence-corrected chi connectivity index (χ1v) is 9.34. The number of alkyl halides is 3. The summed E-state index contributed by atoms with van der Waals surface area (Å²) in [5.41, 5.74) is -2.60. The summed E-state index contributed by atoms with van der Waals surface area (Å²) in [6.07, 6.45) is -1.79. The van der Waals surface area contributed by atoms with Gasteiger partial charge in [-0.3, -0.25) is 9.59 Å². The number of rotatable bonds is 5. The number of amides is 1. The predicted molar refractivity (Wildman–Crippen MR) is 94.7 cm³/mol. The second-order valence-electron chi connectivity index (χ2n) is 7.86. The Morgan fingerprint density at radius 1 is 1.21 bits per heavy atom. The van der Waals surface area contributed by atoms with Gasteiger partial charge in [-0.05, 0) is 30.9 Å². The summed E-state index contributed by atoms with van der Waals surface area (Å²) < 4.78 is 44.6. The van der Waals surface area contributed by atoms with Crippen LogP contribution in [0, 0.1) is 5.41 Å². The van der Waals surface area contributed by atoms with Crippen LogP contribution in [0.15, 0.2) is 24.3 Å². The number of methoxy groups -OCH3 is 1. The van der Waals surface area contributed by atoms with Crippen molar-refractivity contribution in [2.75, 3.05) is 26.8 Å². The highest BCUT2D eigenvalue weighted by Gasteiger charge is 2.52. The summed E-state index contributed by atoms with van der Waals surface area (Å²) in [5.74, 6) is -1.30. The summed E-state index contributed by atoms with van der Waals surface area (Å²) in [6, 6.07) is 4.98. The maximum atomic E-state index is 13.5. The molecule has 8 heteroatoms. The minimum atomic E-state index is -4.48. The van der Waals surface area contributed by atoms with Crippen LogP contribution in [0.2, 0.25) is 0 Å². The van der Waals surface area contributed by atoms with E-state index in [1.165, 1.54) is 18.1 Å². The molecule has 2 fully saturated rings. The molecule has 1 atom stereocenters. The molecular weight excluding hydrogens is 375 g/mol. The number of halogens is 3. The standard InChI is InChI=1S/C20H24F3NO4/c1-28-13-18(17(26)27)9-10-24(12-18)16(25)19(7-2-3-8-19)14-5-4-6-15(11-14)20(21,22)23/h4-6,11H,2-3,7-10,12-13H2,1H3,(H,26,27). The largest absolute Gasteiger partial charge is 0.481 e. The van der Waals surface area contributed by atoms with Crippen LogP contribution in [0.3, 0.4) is 0 Å². The number of ether oxygens (including phenoxy) is 1. The van der Waals surface area contributed by atoms with Gasteiger partial charge in [-0.1, -0.05) is 31.0 Å². The van der Waals surface area contributed by atoms with Crippen LogP contribution in [-0.4, -0.2) is 48.7 Å². The van der Waals surface area contributed by atoms with E-state index in [0.717, 1.165) is 25.0 Å². The van der Waals surface area contributed by atoms with Crippen molar-refractivity contribution in [2.45, 2.75) is 43.7 Å². The van der Waals surface area contributed by atoms with Gasteiger partial charge in [0.2, 0.25) is 5.91 Å². The SMILES string of the molecule is COCC1(C(=O)O)CCN(C(=O)C2(c3cccc(C(F)(F)F)c3)CCCC2)C1. The summed E-state index contributed by atoms with van der Waals surface area (Å²) in [4.78, 5) is 26.7. The minimum Gasteiger partial charge on any atom is -0.481 e. The van der Waals surface area contributed by atoms with Gasteiger partial charge in [-0.25, -0.2) is 0 Å². The Kier molecular flexibility index (Phi) is 5.44. The molecule has 2 aliphatic rings. The van der Waals surface area contributed by atoms with Crippen LogP contribution >= 0.6 is 0 Å². The van der Waals surface area contributed by atoms with E-state index in [-0.39, 0.29) is 32.0 Å². The van der Waals surface area contributed by atoms with Gasteiger partial charge in [0.05, 0.1) is 17.6 Å². The molecular formula is C20H24F3NO4. The number of nitrogens with zero attached hydrogens (tertiary/aromatic N) is 1. The molecule has 3 rings (SSSR count). The number of benzene rings is 1. The molecule has 0 radical (unpaired) electrons. The highest BCUT2D eigenvalue weighted by Crippen LogP contribution is 2.45. The number of carbonyl (C=O) groups is 2. The lowest BCUT2D eigenvalue weighted by Crippen LogP contribution is -2.47. The molecule has 154 valence electrons. The number of hydrogen-bond donors (Lipinski definition) is 1. The lowest BCUT2D eigenvalue weighted by molar-refractivity contribution is -0.152. The Morgan fingerprint density at radius 2 is 1.89 bits per heavy atom. The Morgan fingerprint density at radius 3 is 2.46 bits per heavy atom. The van der Waals surface area contributed by atoms with E-state index in [0.29, 0.717) is 18.4 Å². The van der Waals surface area contributed by atoms with Crippen LogP contribution in [0.4, 0.5) is 13.2 Å². The van der Waals surface area contributed by atoms with Crippen molar-refractivity contribution in [1.82, 2.24) is 4.90 Å². The molecule has 1 saturated heterocycles. The van der Waals surface area contributed by atoms with Gasteiger partial charge in [0.1, 0.15) is 5.41 Å². The normalized spacial score (nSPS) is 24.5. The van der Waals surface area contributed by atoms with Crippen molar-refractivity contribution < 1.29 is 32.6 Å². The van der Waals surface area contributed by atoms with Gasteiger partial charge in [0.15, 0.2) is 0 Å². The van der Waals surface area contributed by atoms with E-state index in [1.54, 1.807) is 6.07 Å². The molecule has 1 aromatic carbocycles. The molecule has 0 spiro atoms. The highest BCUT2D eigenvalue weighted by molar-refractivity contribution is 5.90. The fraction of sp³-hybridized carbons (Fsp3) is 0.600. The molecule has 0 aromatic heterocycles. The van der Waals surface area contributed by atoms with E-state index >= 15 is 0 Å². The maximum Gasteiger partial charge on any atom is 0.416 e. The molecule has 1 amide bonds. The van der Waals surface area contributed by atoms with Crippen LogP contribution < -0.4 is 0 Å². The van der Waals surface area contributed by atoms with Crippen LogP contribution in [0.5, 0.6) is 0 Å². The van der Waals surface area contributed by atoms with Crippen molar-refractivity contribution >= 4 is 11.9 Å². The number of carboxylic acid groups (broad SMARTS) is 1. The molecule has 0 bridgehead atoms. The van der Waals surface area contributed by atoms with Crippen molar-refractivity contribution in [2.24, 2.45) is 5.41 Å². The third kappa shape index (κ3) is 3.50. The van der Waals surface area contributed by atoms with Crippen molar-refractivity contribution in [3.8, 4) is 0 Å². The highest BCUT2D eigenvalue weighted by atomic mass is 19.4. The van der Waals surface area contributed by atoms with E-state index < -0.39 is 28.5 Å². The van der Waals surface area contributed by atoms with E-state index in [2.05, 4.69) is 0 Å². The topological polar surface area (TPSA) is 66.8 Å². The van der Waals surface area contributed by atoms with Crippen molar-refractivity contribution in [1.29, 1.82) is 0 Å². The second kappa shape index (κ2) is 7.39. The number of aliphatic carboxylic acids is 1. The third-order valence-corrected chi connectivity index (χ3v) is 6.12. The molecule has 1 N–H and O–H groups in total. The zero-order chi connectivity index (χ0) is 20.6. The second-order valence-corrected chi connectivity index (χ2v) is 7.86. The first-order valence-electron chi connectivity index (χ1n) is 9.34. The maximum absolute atomic E-state index is 13.5. The van der Waals surface area contributed by atoms with Gasteiger partial charge in [0, 0.05) is 20.2 Å². The summed E-state index contributed by atoms with van der Waals surface area (Å²) in [6.45, 7) is 0.258. The average Bonchev–Trinajstić information content (AvgIpc) is 3.30. The summed E-state index contributed by atoms with van der Waals surface area (Å²) >= 11 is 0. The van der Waals surface area contributed by atoms with Gasteiger partial charge >= 0.3 is 12.1 Å². The lowest BCUT2D eigenvalue weighted by Gasteiger charge is -2.34. The number of likely N-dealkylation sites (tertiary alicyclic amines) is 1. The lowest BCUT2D eigenvalue weighted by atomic mass is 9.77. The fourth-order valence-corrected chi connectivity index (χ4v) is 4.58. The average molecular weight is 399 g/mol. The molecule has 28 heavy (non-hydrogen) atoms. The summed E-state index contributed by atoms with van der Waals surface area (Å²) in [5, 5.41) is 9.62. The molecule has 5 nitrogen and oxygen atoms in total. The fourth-order valence-electron chi connectivity index (χ4n) is 4.58. The summed E-state index contributed by atoms with van der Waals surface area (Å²) in [7, 11) is 1.41. The van der Waals surface area contributed by atoms with Gasteiger partial charge in [-0.15, -0.1) is 0 Å². The van der Waals surface area contributed by atoms with E-state index in [1.807, 2.05) is 0 Å². The van der Waals surface area contributed by atoms with E-state index in [4.69, 9.17) is 4.74 Å². The van der Waals surface area contributed by atoms with Crippen LogP contribution in [0.1, 0.15) is 43.2 Å².